The summed E-state index contributed by atoms with van der Waals surface area (Å²) in [5, 5.41) is 3.57. The lowest BCUT2D eigenvalue weighted by atomic mass is 10.2. The molecule has 0 spiro atoms. The highest BCUT2D eigenvalue weighted by molar-refractivity contribution is 7.98. The Morgan fingerprint density at radius 2 is 2.06 bits per heavy atom. The SMILES string of the molecule is CCOCCCn1c(SCc2nc3scc(-c4ccco4)c3c(=O)[nH]2)nc2ccccc2c1=O. The van der Waals surface area contributed by atoms with Gasteiger partial charge in [0.05, 0.1) is 28.3 Å². The predicted octanol–water partition coefficient (Wildman–Crippen LogP) is 4.67. The third kappa shape index (κ3) is 4.44. The van der Waals surface area contributed by atoms with Crippen LogP contribution in [0.1, 0.15) is 19.2 Å². The highest BCUT2D eigenvalue weighted by Gasteiger charge is 2.16. The number of thiophene rings is 1. The number of ether oxygens (including phenoxy) is 1. The van der Waals surface area contributed by atoms with Crippen LogP contribution in [0.3, 0.4) is 0 Å². The van der Waals surface area contributed by atoms with Crippen LogP contribution in [-0.2, 0) is 17.0 Å². The molecule has 174 valence electrons. The number of hydrogen-bond donors (Lipinski definition) is 1. The van der Waals surface area contributed by atoms with Crippen LogP contribution in [0.25, 0.3) is 32.4 Å². The smallest absolute Gasteiger partial charge is 0.262 e. The molecule has 0 amide bonds. The van der Waals surface area contributed by atoms with Gasteiger partial charge in [-0.2, -0.15) is 0 Å². The van der Waals surface area contributed by atoms with E-state index >= 15 is 0 Å². The second kappa shape index (κ2) is 9.96. The van der Waals surface area contributed by atoms with Gasteiger partial charge in [0, 0.05) is 30.7 Å². The van der Waals surface area contributed by atoms with Crippen molar-refractivity contribution in [2.75, 3.05) is 13.2 Å². The summed E-state index contributed by atoms with van der Waals surface area (Å²) in [6, 6.07) is 10.9. The zero-order valence-electron chi connectivity index (χ0n) is 18.4. The highest BCUT2D eigenvalue weighted by Crippen LogP contribution is 2.31. The fraction of sp³-hybridized carbons (Fsp3) is 0.250. The normalized spacial score (nSPS) is 11.6. The second-order valence-electron chi connectivity index (χ2n) is 7.53. The van der Waals surface area contributed by atoms with E-state index in [-0.39, 0.29) is 11.1 Å². The number of fused-ring (bicyclic) bond motifs is 2. The number of benzene rings is 1. The Kier molecular flexibility index (Phi) is 6.61. The second-order valence-corrected chi connectivity index (χ2v) is 9.33. The summed E-state index contributed by atoms with van der Waals surface area (Å²) in [4.78, 5) is 38.9. The molecule has 1 N–H and O–H groups in total. The zero-order chi connectivity index (χ0) is 23.5. The van der Waals surface area contributed by atoms with Gasteiger partial charge in [0.2, 0.25) is 0 Å². The lowest BCUT2D eigenvalue weighted by Gasteiger charge is -2.13. The van der Waals surface area contributed by atoms with Crippen LogP contribution in [0, 0.1) is 0 Å². The Morgan fingerprint density at radius 3 is 2.88 bits per heavy atom. The molecule has 4 aromatic heterocycles. The van der Waals surface area contributed by atoms with Crippen LogP contribution in [0.5, 0.6) is 0 Å². The number of nitrogens with one attached hydrogen (secondary N) is 1. The molecule has 0 aliphatic rings. The van der Waals surface area contributed by atoms with Gasteiger partial charge < -0.3 is 14.1 Å². The average Bonchev–Trinajstić information content (AvgIpc) is 3.52. The van der Waals surface area contributed by atoms with Crippen LogP contribution in [0.2, 0.25) is 0 Å². The minimum atomic E-state index is -0.214. The van der Waals surface area contributed by atoms with Crippen molar-refractivity contribution < 1.29 is 9.15 Å². The standard InChI is InChI=1S/C24H22N4O4S2/c1-2-31-11-6-10-28-23(30)15-7-3-4-8-17(15)25-24(28)34-14-19-26-21(29)20-16(13-33-22(20)27-19)18-9-5-12-32-18/h3-5,7-9,12-13H,2,6,10-11,14H2,1H3,(H,26,27,29). The zero-order valence-corrected chi connectivity index (χ0v) is 20.1. The van der Waals surface area contributed by atoms with Crippen molar-refractivity contribution in [3.05, 3.63) is 74.6 Å². The van der Waals surface area contributed by atoms with Gasteiger partial charge in [-0.3, -0.25) is 14.2 Å². The topological polar surface area (TPSA) is 103 Å². The Balaban J connectivity index is 1.45. The summed E-state index contributed by atoms with van der Waals surface area (Å²) < 4.78 is 12.6. The molecule has 5 aromatic rings. The first-order chi connectivity index (χ1) is 16.7. The number of aromatic amines is 1. The molecule has 0 unspecified atom stereocenters. The molecule has 0 fully saturated rings. The van der Waals surface area contributed by atoms with Gasteiger partial charge in [-0.05, 0) is 37.6 Å². The maximum absolute atomic E-state index is 13.2. The number of furan rings is 1. The molecule has 5 rings (SSSR count). The van der Waals surface area contributed by atoms with E-state index in [2.05, 4.69) is 9.97 Å². The summed E-state index contributed by atoms with van der Waals surface area (Å²) in [7, 11) is 0. The summed E-state index contributed by atoms with van der Waals surface area (Å²) in [6.45, 7) is 3.65. The Labute approximate surface area is 202 Å². The van der Waals surface area contributed by atoms with E-state index in [1.807, 2.05) is 36.6 Å². The maximum atomic E-state index is 13.2. The predicted molar refractivity (Wildman–Crippen MR) is 135 cm³/mol. The molecule has 10 heteroatoms. The van der Waals surface area contributed by atoms with Crippen molar-refractivity contribution in [3.63, 3.8) is 0 Å². The summed E-state index contributed by atoms with van der Waals surface area (Å²) in [6.07, 6.45) is 2.28. The number of para-hydroxylation sites is 1. The molecule has 0 aliphatic heterocycles. The molecule has 0 saturated carbocycles. The highest BCUT2D eigenvalue weighted by atomic mass is 32.2. The summed E-state index contributed by atoms with van der Waals surface area (Å²) >= 11 is 2.78. The van der Waals surface area contributed by atoms with E-state index in [0.717, 1.165) is 5.56 Å². The average molecular weight is 495 g/mol. The van der Waals surface area contributed by atoms with Crippen molar-refractivity contribution in [1.82, 2.24) is 19.5 Å². The third-order valence-corrected chi connectivity index (χ3v) is 7.18. The van der Waals surface area contributed by atoms with Gasteiger partial charge in [0.25, 0.3) is 11.1 Å². The first kappa shape index (κ1) is 22.6. The molecule has 0 aliphatic carbocycles. The number of H-pyrrole nitrogens is 1. The van der Waals surface area contributed by atoms with Gasteiger partial charge in [0.15, 0.2) is 5.16 Å². The van der Waals surface area contributed by atoms with Crippen LogP contribution in [-0.4, -0.2) is 32.7 Å². The van der Waals surface area contributed by atoms with E-state index in [0.29, 0.717) is 69.8 Å². The Hall–Kier alpha value is -3.21. The van der Waals surface area contributed by atoms with Crippen LogP contribution < -0.4 is 11.1 Å². The Morgan fingerprint density at radius 1 is 1.18 bits per heavy atom. The fourth-order valence-corrected chi connectivity index (χ4v) is 5.57. The molecular formula is C24H22N4O4S2. The number of nitrogens with zero attached hydrogens (tertiary/aromatic N) is 3. The van der Waals surface area contributed by atoms with E-state index in [9.17, 15) is 9.59 Å². The maximum Gasteiger partial charge on any atom is 0.262 e. The molecule has 4 heterocycles. The minimum absolute atomic E-state index is 0.0807. The Bertz CT molecular complexity index is 1550. The first-order valence-electron chi connectivity index (χ1n) is 10.9. The van der Waals surface area contributed by atoms with Crippen LogP contribution in [0.4, 0.5) is 0 Å². The number of aromatic nitrogens is 4. The monoisotopic (exact) mass is 494 g/mol. The van der Waals surface area contributed by atoms with Crippen molar-refractivity contribution in [2.45, 2.75) is 30.8 Å². The van der Waals surface area contributed by atoms with E-state index in [1.165, 1.54) is 23.1 Å². The van der Waals surface area contributed by atoms with E-state index in [4.69, 9.17) is 14.1 Å². The lowest BCUT2D eigenvalue weighted by Crippen LogP contribution is -2.24. The van der Waals surface area contributed by atoms with Crippen molar-refractivity contribution >= 4 is 44.2 Å². The fourth-order valence-electron chi connectivity index (χ4n) is 3.73. The van der Waals surface area contributed by atoms with E-state index in [1.54, 1.807) is 23.0 Å². The van der Waals surface area contributed by atoms with E-state index < -0.39 is 0 Å². The molecular weight excluding hydrogens is 472 g/mol. The summed E-state index contributed by atoms with van der Waals surface area (Å²) in [5.41, 5.74) is 1.09. The molecule has 0 radical (unpaired) electrons. The largest absolute Gasteiger partial charge is 0.464 e. The van der Waals surface area contributed by atoms with Crippen LogP contribution >= 0.6 is 23.1 Å². The molecule has 34 heavy (non-hydrogen) atoms. The summed E-state index contributed by atoms with van der Waals surface area (Å²) in [5.74, 6) is 1.53. The number of thioether (sulfide) groups is 1. The van der Waals surface area contributed by atoms with Gasteiger partial charge in [0.1, 0.15) is 16.4 Å². The number of hydrogen-bond acceptors (Lipinski definition) is 8. The molecule has 1 aromatic carbocycles. The third-order valence-electron chi connectivity index (χ3n) is 5.32. The molecule has 0 bridgehead atoms. The first-order valence-corrected chi connectivity index (χ1v) is 12.8. The molecule has 0 saturated heterocycles. The lowest BCUT2D eigenvalue weighted by molar-refractivity contribution is 0.140. The van der Waals surface area contributed by atoms with Crippen molar-refractivity contribution in [1.29, 1.82) is 0 Å². The number of rotatable bonds is 9. The minimum Gasteiger partial charge on any atom is -0.464 e. The van der Waals surface area contributed by atoms with Gasteiger partial charge in [-0.15, -0.1) is 11.3 Å². The quantitative estimate of drug-likeness (QED) is 0.180. The van der Waals surface area contributed by atoms with Gasteiger partial charge in [-0.1, -0.05) is 23.9 Å². The van der Waals surface area contributed by atoms with Crippen LogP contribution in [0.15, 0.2) is 67.2 Å². The van der Waals surface area contributed by atoms with Gasteiger partial charge in [-0.25, -0.2) is 9.97 Å². The van der Waals surface area contributed by atoms with Gasteiger partial charge >= 0.3 is 0 Å². The van der Waals surface area contributed by atoms with Crippen molar-refractivity contribution in [2.24, 2.45) is 0 Å². The molecule has 8 nitrogen and oxygen atoms in total. The van der Waals surface area contributed by atoms with Crippen molar-refractivity contribution in [3.8, 4) is 11.3 Å². The molecule has 0 atom stereocenters.